The molecule has 7 heteroatoms. The van der Waals surface area contributed by atoms with Gasteiger partial charge in [-0.1, -0.05) is 0 Å². The summed E-state index contributed by atoms with van der Waals surface area (Å²) >= 11 is 0. The normalized spacial score (nSPS) is 17.8. The first-order valence-electron chi connectivity index (χ1n) is 7.23. The molecule has 2 heterocycles. The molecule has 1 aliphatic rings. The minimum Gasteiger partial charge on any atom is -0.342 e. The zero-order chi connectivity index (χ0) is 15.5. The lowest BCUT2D eigenvalue weighted by Gasteiger charge is -2.31. The third kappa shape index (κ3) is 3.84. The van der Waals surface area contributed by atoms with Crippen LogP contribution in [-0.2, 0) is 23.6 Å². The minimum absolute atomic E-state index is 0.173. The van der Waals surface area contributed by atoms with E-state index in [0.717, 1.165) is 18.4 Å². The SMILES string of the molecule is CCS(=O)(=O)N1CCC(NCc2cc(C#N)n(C)c2)CC1. The lowest BCUT2D eigenvalue weighted by atomic mass is 10.1. The zero-order valence-electron chi connectivity index (χ0n) is 12.5. The van der Waals surface area contributed by atoms with E-state index >= 15 is 0 Å². The summed E-state index contributed by atoms with van der Waals surface area (Å²) in [5.74, 6) is 0.173. The van der Waals surface area contributed by atoms with E-state index in [1.807, 2.05) is 23.9 Å². The van der Waals surface area contributed by atoms with Crippen molar-refractivity contribution in [1.29, 1.82) is 5.26 Å². The van der Waals surface area contributed by atoms with Crippen LogP contribution in [0.15, 0.2) is 12.3 Å². The van der Waals surface area contributed by atoms with Crippen molar-refractivity contribution < 1.29 is 8.42 Å². The molecule has 0 atom stereocenters. The van der Waals surface area contributed by atoms with Gasteiger partial charge in [0, 0.05) is 38.9 Å². The maximum absolute atomic E-state index is 11.8. The average molecular weight is 310 g/mol. The van der Waals surface area contributed by atoms with Crippen LogP contribution in [0.4, 0.5) is 0 Å². The number of piperidine rings is 1. The second-order valence-electron chi connectivity index (χ2n) is 5.41. The van der Waals surface area contributed by atoms with Crippen molar-refractivity contribution in [3.63, 3.8) is 0 Å². The maximum atomic E-state index is 11.8. The van der Waals surface area contributed by atoms with Gasteiger partial charge in [-0.2, -0.15) is 5.26 Å². The highest BCUT2D eigenvalue weighted by molar-refractivity contribution is 7.89. The summed E-state index contributed by atoms with van der Waals surface area (Å²) in [7, 11) is -1.19. The van der Waals surface area contributed by atoms with Crippen molar-refractivity contribution in [3.05, 3.63) is 23.5 Å². The zero-order valence-corrected chi connectivity index (χ0v) is 13.4. The average Bonchev–Trinajstić information content (AvgIpc) is 2.86. The van der Waals surface area contributed by atoms with Crippen LogP contribution in [0.25, 0.3) is 0 Å². The molecule has 0 spiro atoms. The summed E-state index contributed by atoms with van der Waals surface area (Å²) in [6, 6.07) is 4.36. The van der Waals surface area contributed by atoms with Crippen LogP contribution in [0, 0.1) is 11.3 Å². The molecule has 2 rings (SSSR count). The molecule has 116 valence electrons. The van der Waals surface area contributed by atoms with Crippen molar-refractivity contribution in [2.45, 2.75) is 32.4 Å². The molecule has 1 aromatic rings. The number of nitrogens with one attached hydrogen (secondary N) is 1. The molecule has 1 fully saturated rings. The first kappa shape index (κ1) is 16.0. The molecule has 1 aromatic heterocycles. The van der Waals surface area contributed by atoms with Gasteiger partial charge in [0.15, 0.2) is 0 Å². The molecular weight excluding hydrogens is 288 g/mol. The van der Waals surface area contributed by atoms with Crippen molar-refractivity contribution in [3.8, 4) is 6.07 Å². The Morgan fingerprint density at radius 2 is 2.10 bits per heavy atom. The number of nitriles is 1. The Hall–Kier alpha value is -1.36. The van der Waals surface area contributed by atoms with E-state index in [1.165, 1.54) is 0 Å². The predicted octanol–water partition coefficient (Wildman–Crippen LogP) is 0.800. The van der Waals surface area contributed by atoms with Gasteiger partial charge in [-0.15, -0.1) is 0 Å². The summed E-state index contributed by atoms with van der Waals surface area (Å²) in [6.07, 6.45) is 3.61. The standard InChI is InChI=1S/C14H22N4O2S/c1-3-21(19,20)18-6-4-13(5-7-18)16-10-12-8-14(9-15)17(2)11-12/h8,11,13,16H,3-7,10H2,1-2H3. The van der Waals surface area contributed by atoms with Crippen molar-refractivity contribution in [1.82, 2.24) is 14.2 Å². The van der Waals surface area contributed by atoms with Crippen LogP contribution in [-0.4, -0.2) is 42.2 Å². The molecule has 0 aromatic carbocycles. The summed E-state index contributed by atoms with van der Waals surface area (Å²) < 4.78 is 27.0. The molecule has 6 nitrogen and oxygen atoms in total. The van der Waals surface area contributed by atoms with Gasteiger partial charge >= 0.3 is 0 Å². The van der Waals surface area contributed by atoms with Crippen LogP contribution >= 0.6 is 0 Å². The van der Waals surface area contributed by atoms with Gasteiger partial charge in [0.05, 0.1) is 5.75 Å². The molecule has 0 radical (unpaired) electrons. The van der Waals surface area contributed by atoms with Gasteiger partial charge in [0.1, 0.15) is 11.8 Å². The molecule has 1 N–H and O–H groups in total. The minimum atomic E-state index is -3.05. The van der Waals surface area contributed by atoms with Gasteiger partial charge in [-0.3, -0.25) is 0 Å². The second kappa shape index (κ2) is 6.60. The van der Waals surface area contributed by atoms with Gasteiger partial charge in [0.25, 0.3) is 0 Å². The second-order valence-corrected chi connectivity index (χ2v) is 7.67. The van der Waals surface area contributed by atoms with Gasteiger partial charge in [-0.25, -0.2) is 12.7 Å². The fourth-order valence-electron chi connectivity index (χ4n) is 2.62. The highest BCUT2D eigenvalue weighted by Gasteiger charge is 2.26. The lowest BCUT2D eigenvalue weighted by Crippen LogP contribution is -2.45. The number of rotatable bonds is 5. The first-order chi connectivity index (χ1) is 9.96. The molecule has 21 heavy (non-hydrogen) atoms. The Morgan fingerprint density at radius 1 is 1.43 bits per heavy atom. The van der Waals surface area contributed by atoms with Gasteiger partial charge < -0.3 is 9.88 Å². The van der Waals surface area contributed by atoms with Gasteiger partial charge in [0.2, 0.25) is 10.0 Å². The monoisotopic (exact) mass is 310 g/mol. The predicted molar refractivity (Wildman–Crippen MR) is 81.0 cm³/mol. The molecule has 0 aliphatic carbocycles. The third-order valence-corrected chi connectivity index (χ3v) is 5.86. The van der Waals surface area contributed by atoms with Crippen LogP contribution in [0.1, 0.15) is 31.0 Å². The Labute approximate surface area is 126 Å². The van der Waals surface area contributed by atoms with E-state index in [9.17, 15) is 8.42 Å². The molecule has 0 amide bonds. The lowest BCUT2D eigenvalue weighted by molar-refractivity contribution is 0.289. The molecular formula is C14H22N4O2S. The number of nitrogens with zero attached hydrogens (tertiary/aromatic N) is 3. The Morgan fingerprint density at radius 3 is 2.62 bits per heavy atom. The molecule has 0 saturated carbocycles. The third-order valence-electron chi connectivity index (χ3n) is 3.98. The van der Waals surface area contributed by atoms with Crippen molar-refractivity contribution >= 4 is 10.0 Å². The maximum Gasteiger partial charge on any atom is 0.213 e. The van der Waals surface area contributed by atoms with E-state index in [4.69, 9.17) is 5.26 Å². The first-order valence-corrected chi connectivity index (χ1v) is 8.83. The van der Waals surface area contributed by atoms with Crippen molar-refractivity contribution in [2.75, 3.05) is 18.8 Å². The summed E-state index contributed by atoms with van der Waals surface area (Å²) in [4.78, 5) is 0. The highest BCUT2D eigenvalue weighted by atomic mass is 32.2. The molecule has 0 bridgehead atoms. The number of hydrogen-bond donors (Lipinski definition) is 1. The number of aryl methyl sites for hydroxylation is 1. The van der Waals surface area contributed by atoms with Crippen LogP contribution < -0.4 is 5.32 Å². The molecule has 0 unspecified atom stereocenters. The Kier molecular flexibility index (Phi) is 5.04. The Bertz CT molecular complexity index is 622. The number of hydrogen-bond acceptors (Lipinski definition) is 4. The quantitative estimate of drug-likeness (QED) is 0.872. The van der Waals surface area contributed by atoms with Gasteiger partial charge in [-0.05, 0) is 31.4 Å². The summed E-state index contributed by atoms with van der Waals surface area (Å²) in [5.41, 5.74) is 1.73. The number of sulfonamides is 1. The number of aromatic nitrogens is 1. The van der Waals surface area contributed by atoms with E-state index in [1.54, 1.807) is 11.2 Å². The van der Waals surface area contributed by atoms with Crippen LogP contribution in [0.5, 0.6) is 0 Å². The molecule has 1 aliphatic heterocycles. The summed E-state index contributed by atoms with van der Waals surface area (Å²) in [5, 5.41) is 12.4. The van der Waals surface area contributed by atoms with E-state index in [-0.39, 0.29) is 5.75 Å². The van der Waals surface area contributed by atoms with Crippen LogP contribution in [0.3, 0.4) is 0 Å². The van der Waals surface area contributed by atoms with E-state index in [2.05, 4.69) is 11.4 Å². The largest absolute Gasteiger partial charge is 0.342 e. The summed E-state index contributed by atoms with van der Waals surface area (Å²) in [6.45, 7) is 3.57. The highest BCUT2D eigenvalue weighted by Crippen LogP contribution is 2.15. The topological polar surface area (TPSA) is 78.1 Å². The fraction of sp³-hybridized carbons (Fsp3) is 0.643. The van der Waals surface area contributed by atoms with E-state index in [0.29, 0.717) is 31.4 Å². The Balaban J connectivity index is 1.83. The van der Waals surface area contributed by atoms with Crippen LogP contribution in [0.2, 0.25) is 0 Å². The molecule has 1 saturated heterocycles. The van der Waals surface area contributed by atoms with Crippen molar-refractivity contribution in [2.24, 2.45) is 7.05 Å². The van der Waals surface area contributed by atoms with E-state index < -0.39 is 10.0 Å². The smallest absolute Gasteiger partial charge is 0.213 e. The fourth-order valence-corrected chi connectivity index (χ4v) is 3.76.